The van der Waals surface area contributed by atoms with E-state index >= 15 is 0 Å². The molecular formula is C13H12F3NO3S. The standard InChI is InChI=1S/C13H12F3NO3S/c14-13(15,16)21-10-4-2-1-3-9(10)12(20)17-6-8(7-17)5-11(18)19/h1-4,8H,5-7H2,(H,18,19). The monoisotopic (exact) mass is 319 g/mol. The minimum absolute atomic E-state index is 0.00593. The highest BCUT2D eigenvalue weighted by Crippen LogP contribution is 2.39. The lowest BCUT2D eigenvalue weighted by Gasteiger charge is -2.38. The molecule has 4 nitrogen and oxygen atoms in total. The van der Waals surface area contributed by atoms with Gasteiger partial charge in [0.2, 0.25) is 0 Å². The van der Waals surface area contributed by atoms with E-state index in [1.165, 1.54) is 29.2 Å². The molecule has 1 aromatic carbocycles. The van der Waals surface area contributed by atoms with Gasteiger partial charge in [0.25, 0.3) is 5.91 Å². The van der Waals surface area contributed by atoms with Crippen LogP contribution < -0.4 is 0 Å². The normalized spacial score (nSPS) is 15.7. The van der Waals surface area contributed by atoms with Crippen molar-refractivity contribution in [2.45, 2.75) is 16.8 Å². The first kappa shape index (κ1) is 15.7. The molecule has 0 unspecified atom stereocenters. The predicted octanol–water partition coefficient (Wildman–Crippen LogP) is 2.85. The fourth-order valence-electron chi connectivity index (χ4n) is 2.14. The highest BCUT2D eigenvalue weighted by Gasteiger charge is 2.35. The lowest BCUT2D eigenvalue weighted by molar-refractivity contribution is -0.139. The Hall–Kier alpha value is -1.70. The molecule has 0 atom stereocenters. The third-order valence-electron chi connectivity index (χ3n) is 3.05. The van der Waals surface area contributed by atoms with Gasteiger partial charge in [0.15, 0.2) is 0 Å². The number of thioether (sulfide) groups is 1. The van der Waals surface area contributed by atoms with Crippen molar-refractivity contribution in [1.82, 2.24) is 4.90 Å². The SMILES string of the molecule is O=C(O)CC1CN(C(=O)c2ccccc2SC(F)(F)F)C1. The van der Waals surface area contributed by atoms with Crippen LogP contribution in [0.2, 0.25) is 0 Å². The summed E-state index contributed by atoms with van der Waals surface area (Å²) in [5, 5.41) is 8.63. The quantitative estimate of drug-likeness (QED) is 0.867. The van der Waals surface area contributed by atoms with Gasteiger partial charge in [-0.2, -0.15) is 13.2 Å². The van der Waals surface area contributed by atoms with Crippen molar-refractivity contribution in [3.63, 3.8) is 0 Å². The van der Waals surface area contributed by atoms with Gasteiger partial charge in [0.05, 0.1) is 12.0 Å². The number of benzene rings is 1. The summed E-state index contributed by atoms with van der Waals surface area (Å²) in [6.45, 7) is 0.520. The number of likely N-dealkylation sites (tertiary alicyclic amines) is 1. The van der Waals surface area contributed by atoms with Crippen LogP contribution in [0.25, 0.3) is 0 Å². The predicted molar refractivity (Wildman–Crippen MR) is 70.0 cm³/mol. The van der Waals surface area contributed by atoms with E-state index in [1.807, 2.05) is 0 Å². The number of carboxylic acids is 1. The van der Waals surface area contributed by atoms with Crippen LogP contribution in [0.3, 0.4) is 0 Å². The summed E-state index contributed by atoms with van der Waals surface area (Å²) in [7, 11) is 0. The van der Waals surface area contributed by atoms with Crippen molar-refractivity contribution in [1.29, 1.82) is 0 Å². The maximum absolute atomic E-state index is 12.5. The van der Waals surface area contributed by atoms with E-state index in [1.54, 1.807) is 0 Å². The fraction of sp³-hybridized carbons (Fsp3) is 0.385. The first-order chi connectivity index (χ1) is 9.76. The number of rotatable bonds is 4. The molecule has 1 aliphatic heterocycles. The van der Waals surface area contributed by atoms with Crippen LogP contribution in [0.1, 0.15) is 16.8 Å². The summed E-state index contributed by atoms with van der Waals surface area (Å²) in [4.78, 5) is 23.9. The van der Waals surface area contributed by atoms with Gasteiger partial charge in [-0.3, -0.25) is 9.59 Å². The largest absolute Gasteiger partial charge is 0.481 e. The first-order valence-corrected chi connectivity index (χ1v) is 6.94. The second-order valence-corrected chi connectivity index (χ2v) is 5.82. The number of aliphatic carboxylic acids is 1. The first-order valence-electron chi connectivity index (χ1n) is 6.12. The van der Waals surface area contributed by atoms with E-state index in [0.717, 1.165) is 0 Å². The second kappa shape index (κ2) is 5.97. The molecule has 0 aromatic heterocycles. The Morgan fingerprint density at radius 3 is 2.48 bits per heavy atom. The summed E-state index contributed by atoms with van der Waals surface area (Å²) >= 11 is -0.322. The highest BCUT2D eigenvalue weighted by molar-refractivity contribution is 8.00. The molecule has 1 aromatic rings. The summed E-state index contributed by atoms with van der Waals surface area (Å²) in [6, 6.07) is 5.54. The van der Waals surface area contributed by atoms with Crippen LogP contribution in [-0.2, 0) is 4.79 Å². The van der Waals surface area contributed by atoms with Crippen molar-refractivity contribution < 1.29 is 27.9 Å². The number of hydrogen-bond acceptors (Lipinski definition) is 3. The van der Waals surface area contributed by atoms with Gasteiger partial charge in [-0.25, -0.2) is 0 Å². The lowest BCUT2D eigenvalue weighted by atomic mass is 9.95. The minimum Gasteiger partial charge on any atom is -0.481 e. The smallest absolute Gasteiger partial charge is 0.446 e. The maximum Gasteiger partial charge on any atom is 0.446 e. The average Bonchev–Trinajstić information content (AvgIpc) is 2.31. The Kier molecular flexibility index (Phi) is 4.46. The van der Waals surface area contributed by atoms with Gasteiger partial charge in [-0.1, -0.05) is 12.1 Å². The van der Waals surface area contributed by atoms with Crippen molar-refractivity contribution in [3.8, 4) is 0 Å². The van der Waals surface area contributed by atoms with Gasteiger partial charge >= 0.3 is 11.5 Å². The van der Waals surface area contributed by atoms with Crippen molar-refractivity contribution in [2.75, 3.05) is 13.1 Å². The van der Waals surface area contributed by atoms with Crippen LogP contribution >= 0.6 is 11.8 Å². The van der Waals surface area contributed by atoms with Crippen molar-refractivity contribution >= 4 is 23.6 Å². The van der Waals surface area contributed by atoms with Crippen LogP contribution in [0.4, 0.5) is 13.2 Å². The molecule has 1 aliphatic rings. The number of amides is 1. The van der Waals surface area contributed by atoms with E-state index in [0.29, 0.717) is 0 Å². The zero-order chi connectivity index (χ0) is 15.6. The number of nitrogens with zero attached hydrogens (tertiary/aromatic N) is 1. The van der Waals surface area contributed by atoms with E-state index < -0.39 is 17.4 Å². The Labute approximate surface area is 122 Å². The minimum atomic E-state index is -4.46. The molecule has 0 aliphatic carbocycles. The molecule has 114 valence electrons. The van der Waals surface area contributed by atoms with E-state index in [9.17, 15) is 22.8 Å². The number of carbonyl (C=O) groups excluding carboxylic acids is 1. The number of carbonyl (C=O) groups is 2. The van der Waals surface area contributed by atoms with Gasteiger partial charge in [-0.15, -0.1) is 0 Å². The lowest BCUT2D eigenvalue weighted by Crippen LogP contribution is -2.50. The molecule has 1 fully saturated rings. The summed E-state index contributed by atoms with van der Waals surface area (Å²) in [5.74, 6) is -1.57. The number of halogens is 3. The summed E-state index contributed by atoms with van der Waals surface area (Å²) in [6.07, 6.45) is -0.0390. The molecule has 0 spiro atoms. The van der Waals surface area contributed by atoms with Crippen molar-refractivity contribution in [3.05, 3.63) is 29.8 Å². The zero-order valence-corrected chi connectivity index (χ0v) is 11.6. The van der Waals surface area contributed by atoms with Gasteiger partial charge < -0.3 is 10.0 Å². The molecule has 0 radical (unpaired) electrons. The molecule has 2 rings (SSSR count). The molecule has 1 amide bonds. The van der Waals surface area contributed by atoms with Crippen molar-refractivity contribution in [2.24, 2.45) is 5.92 Å². The second-order valence-electron chi connectivity index (χ2n) is 4.72. The summed E-state index contributed by atoms with van der Waals surface area (Å²) in [5.41, 5.74) is -4.47. The molecule has 8 heteroatoms. The Balaban J connectivity index is 2.06. The fourth-order valence-corrected chi connectivity index (χ4v) is 2.80. The molecule has 1 heterocycles. The molecule has 21 heavy (non-hydrogen) atoms. The number of hydrogen-bond donors (Lipinski definition) is 1. The Morgan fingerprint density at radius 2 is 1.90 bits per heavy atom. The zero-order valence-electron chi connectivity index (χ0n) is 10.8. The van der Waals surface area contributed by atoms with E-state index in [2.05, 4.69) is 0 Å². The van der Waals surface area contributed by atoms with E-state index in [4.69, 9.17) is 5.11 Å². The van der Waals surface area contributed by atoms with E-state index in [-0.39, 0.29) is 47.6 Å². The number of alkyl halides is 3. The maximum atomic E-state index is 12.5. The van der Waals surface area contributed by atoms with Crippen LogP contribution in [0.15, 0.2) is 29.2 Å². The molecule has 1 saturated heterocycles. The Bertz CT molecular complexity index is 556. The average molecular weight is 319 g/mol. The Morgan fingerprint density at radius 1 is 1.29 bits per heavy atom. The van der Waals surface area contributed by atoms with Gasteiger partial charge in [0.1, 0.15) is 0 Å². The van der Waals surface area contributed by atoms with Crippen LogP contribution in [-0.4, -0.2) is 40.5 Å². The third-order valence-corrected chi connectivity index (χ3v) is 3.86. The third kappa shape index (κ3) is 4.13. The molecule has 0 saturated carbocycles. The summed E-state index contributed by atoms with van der Waals surface area (Å²) < 4.78 is 37.4. The molecule has 1 N–H and O–H groups in total. The van der Waals surface area contributed by atoms with Crippen LogP contribution in [0, 0.1) is 5.92 Å². The topological polar surface area (TPSA) is 57.6 Å². The number of carboxylic acid groups (broad SMARTS) is 1. The van der Waals surface area contributed by atoms with Gasteiger partial charge in [0, 0.05) is 23.9 Å². The molecular weight excluding hydrogens is 307 g/mol. The highest BCUT2D eigenvalue weighted by atomic mass is 32.2. The van der Waals surface area contributed by atoms with Gasteiger partial charge in [-0.05, 0) is 23.9 Å². The molecule has 0 bridgehead atoms. The van der Waals surface area contributed by atoms with Crippen LogP contribution in [0.5, 0.6) is 0 Å².